The number of ether oxygens (including phenoxy) is 2. The zero-order valence-electron chi connectivity index (χ0n) is 14.2. The van der Waals surface area contributed by atoms with Gasteiger partial charge in [-0.3, -0.25) is 4.79 Å². The second kappa shape index (κ2) is 6.82. The molecule has 22 heavy (non-hydrogen) atoms. The molecule has 0 saturated heterocycles. The first-order valence-corrected chi connectivity index (χ1v) is 9.29. The van der Waals surface area contributed by atoms with Crippen LogP contribution in [0.3, 0.4) is 0 Å². The van der Waals surface area contributed by atoms with E-state index >= 15 is 0 Å². The van der Waals surface area contributed by atoms with Crippen LogP contribution in [0, 0.1) is 5.92 Å². The van der Waals surface area contributed by atoms with Crippen molar-refractivity contribution in [3.8, 4) is 0 Å². The molecule has 2 N–H and O–H groups in total. The van der Waals surface area contributed by atoms with Gasteiger partial charge in [-0.15, -0.1) is 0 Å². The highest BCUT2D eigenvalue weighted by molar-refractivity contribution is 7.88. The molecule has 1 aliphatic rings. The Labute approximate surface area is 133 Å². The Kier molecular flexibility index (Phi) is 6.00. The Bertz CT molecular complexity index is 505. The van der Waals surface area contributed by atoms with Crippen LogP contribution in [-0.2, 0) is 24.3 Å². The number of rotatable bonds is 8. The number of nitrogens with zero attached hydrogens (tertiary/aromatic N) is 1. The summed E-state index contributed by atoms with van der Waals surface area (Å²) in [5, 5.41) is 0. The van der Waals surface area contributed by atoms with Crippen LogP contribution in [0.2, 0.25) is 0 Å². The normalized spacial score (nSPS) is 26.5. The summed E-state index contributed by atoms with van der Waals surface area (Å²) < 4.78 is 35.6. The molecule has 0 aromatic rings. The van der Waals surface area contributed by atoms with E-state index < -0.39 is 33.7 Å². The number of carbonyl (C=O) groups is 1. The molecule has 1 saturated carbocycles. The van der Waals surface area contributed by atoms with E-state index in [4.69, 9.17) is 15.2 Å². The van der Waals surface area contributed by atoms with Gasteiger partial charge in [0.25, 0.3) is 0 Å². The number of carbonyl (C=O) groups excluding carboxylic acids is 1. The first-order chi connectivity index (χ1) is 9.89. The highest BCUT2D eigenvalue weighted by atomic mass is 32.2. The van der Waals surface area contributed by atoms with Crippen LogP contribution in [0.4, 0.5) is 0 Å². The monoisotopic (exact) mass is 336 g/mol. The summed E-state index contributed by atoms with van der Waals surface area (Å²) in [5.74, 6) is -0.499. The summed E-state index contributed by atoms with van der Waals surface area (Å²) in [5.41, 5.74) is 5.00. The fourth-order valence-corrected chi connectivity index (χ4v) is 2.64. The van der Waals surface area contributed by atoms with Gasteiger partial charge in [-0.05, 0) is 19.8 Å². The minimum atomic E-state index is -3.33. The predicted molar refractivity (Wildman–Crippen MR) is 83.7 cm³/mol. The fraction of sp³-hybridized carbons (Fsp3) is 0.929. The van der Waals surface area contributed by atoms with Gasteiger partial charge in [0.05, 0.1) is 12.4 Å². The van der Waals surface area contributed by atoms with Gasteiger partial charge in [0.15, 0.2) is 0 Å². The van der Waals surface area contributed by atoms with E-state index in [-0.39, 0.29) is 18.6 Å². The van der Waals surface area contributed by atoms with Gasteiger partial charge >= 0.3 is 5.97 Å². The van der Waals surface area contributed by atoms with Gasteiger partial charge in [0, 0.05) is 20.0 Å². The largest absolute Gasteiger partial charge is 0.458 e. The number of sulfonamides is 1. The van der Waals surface area contributed by atoms with Crippen LogP contribution in [0.1, 0.15) is 34.1 Å². The molecule has 7 nitrogen and oxygen atoms in total. The van der Waals surface area contributed by atoms with E-state index in [0.29, 0.717) is 6.42 Å². The molecule has 0 aromatic heterocycles. The van der Waals surface area contributed by atoms with Gasteiger partial charge in [0.1, 0.15) is 17.7 Å². The lowest BCUT2D eigenvalue weighted by Crippen LogP contribution is -2.42. The van der Waals surface area contributed by atoms with Gasteiger partial charge < -0.3 is 15.2 Å². The molecule has 1 fully saturated rings. The van der Waals surface area contributed by atoms with Crippen LogP contribution in [0.5, 0.6) is 0 Å². The minimum absolute atomic E-state index is 0.0228. The first-order valence-electron chi connectivity index (χ1n) is 7.44. The van der Waals surface area contributed by atoms with Crippen molar-refractivity contribution in [1.29, 1.82) is 0 Å². The third-order valence-corrected chi connectivity index (χ3v) is 4.99. The number of hydrogen-bond acceptors (Lipinski definition) is 6. The maximum Gasteiger partial charge on any atom is 0.323 e. The Morgan fingerprint density at radius 2 is 1.91 bits per heavy atom. The summed E-state index contributed by atoms with van der Waals surface area (Å²) in [6.07, 6.45) is 1.04. The topological polar surface area (TPSA) is 98.9 Å². The second-order valence-corrected chi connectivity index (χ2v) is 8.74. The SMILES string of the molecule is CC(C)OC1(CN(C)S(C)(=O)=O)C[C@H]1OC(=O)[C@@H](N)C(C)C. The van der Waals surface area contributed by atoms with Gasteiger partial charge in [-0.25, -0.2) is 12.7 Å². The van der Waals surface area contributed by atoms with E-state index in [1.165, 1.54) is 11.4 Å². The van der Waals surface area contributed by atoms with E-state index in [1.54, 1.807) is 0 Å². The lowest BCUT2D eigenvalue weighted by Gasteiger charge is -2.26. The molecule has 0 aromatic carbocycles. The summed E-state index contributed by atoms with van der Waals surface area (Å²) in [7, 11) is -1.84. The standard InChI is InChI=1S/C14H28N2O5S/c1-9(2)12(15)13(17)20-11-7-14(11,21-10(3)4)8-16(5)22(6,18)19/h9-12H,7-8,15H2,1-6H3/t11-,12+,14?/m1/s1. The van der Waals surface area contributed by atoms with Gasteiger partial charge in [0.2, 0.25) is 10.0 Å². The number of esters is 1. The van der Waals surface area contributed by atoms with Crippen LogP contribution >= 0.6 is 0 Å². The second-order valence-electron chi connectivity index (χ2n) is 6.65. The van der Waals surface area contributed by atoms with Crippen LogP contribution in [-0.4, -0.2) is 62.4 Å². The van der Waals surface area contributed by atoms with E-state index in [2.05, 4.69) is 0 Å². The van der Waals surface area contributed by atoms with Crippen molar-refractivity contribution in [3.63, 3.8) is 0 Å². The molecule has 130 valence electrons. The molecule has 0 aliphatic heterocycles. The zero-order chi connectivity index (χ0) is 17.3. The summed E-state index contributed by atoms with van der Waals surface area (Å²) in [6, 6.07) is -0.690. The van der Waals surface area contributed by atoms with Crippen molar-refractivity contribution in [2.24, 2.45) is 11.7 Å². The highest BCUT2D eigenvalue weighted by Gasteiger charge is 2.60. The van der Waals surface area contributed by atoms with Crippen LogP contribution < -0.4 is 5.73 Å². The number of hydrogen-bond donors (Lipinski definition) is 1. The van der Waals surface area contributed by atoms with Crippen molar-refractivity contribution in [2.75, 3.05) is 19.8 Å². The predicted octanol–water partition coefficient (Wildman–Crippen LogP) is 0.340. The van der Waals surface area contributed by atoms with Crippen molar-refractivity contribution < 1.29 is 22.7 Å². The molecule has 1 aliphatic carbocycles. The summed E-state index contributed by atoms with van der Waals surface area (Å²) in [6.45, 7) is 7.56. The van der Waals surface area contributed by atoms with Crippen molar-refractivity contribution >= 4 is 16.0 Å². The molecule has 0 heterocycles. The van der Waals surface area contributed by atoms with Crippen molar-refractivity contribution in [2.45, 2.75) is 58.0 Å². The van der Waals surface area contributed by atoms with Crippen molar-refractivity contribution in [3.05, 3.63) is 0 Å². The third-order valence-electron chi connectivity index (χ3n) is 3.73. The molecule has 0 spiro atoms. The molecule has 0 amide bonds. The third kappa shape index (κ3) is 4.91. The quantitative estimate of drug-likeness (QED) is 0.642. The first kappa shape index (κ1) is 19.3. The van der Waals surface area contributed by atoms with Crippen LogP contribution in [0.15, 0.2) is 0 Å². The molecular weight excluding hydrogens is 308 g/mol. The van der Waals surface area contributed by atoms with E-state index in [0.717, 1.165) is 6.26 Å². The number of nitrogens with two attached hydrogens (primary N) is 1. The van der Waals surface area contributed by atoms with Crippen molar-refractivity contribution in [1.82, 2.24) is 4.31 Å². The molecular formula is C14H28N2O5S. The maximum atomic E-state index is 12.0. The Hall–Kier alpha value is -0.700. The molecule has 3 atom stereocenters. The highest BCUT2D eigenvalue weighted by Crippen LogP contribution is 2.44. The fourth-order valence-electron chi connectivity index (χ4n) is 2.19. The molecule has 1 rings (SSSR count). The Morgan fingerprint density at radius 1 is 1.36 bits per heavy atom. The lowest BCUT2D eigenvalue weighted by molar-refractivity contribution is -0.152. The minimum Gasteiger partial charge on any atom is -0.458 e. The maximum absolute atomic E-state index is 12.0. The van der Waals surface area contributed by atoms with Crippen LogP contribution in [0.25, 0.3) is 0 Å². The Morgan fingerprint density at radius 3 is 2.32 bits per heavy atom. The Balaban J connectivity index is 2.76. The number of likely N-dealkylation sites (N-methyl/N-ethyl adjacent to an activating group) is 1. The average molecular weight is 336 g/mol. The molecule has 0 radical (unpaired) electrons. The molecule has 0 bridgehead atoms. The lowest BCUT2D eigenvalue weighted by atomic mass is 10.1. The molecule has 1 unspecified atom stereocenters. The average Bonchev–Trinajstić information content (AvgIpc) is 2.97. The van der Waals surface area contributed by atoms with E-state index in [1.807, 2.05) is 27.7 Å². The van der Waals surface area contributed by atoms with Gasteiger partial charge in [-0.1, -0.05) is 13.8 Å². The smallest absolute Gasteiger partial charge is 0.323 e. The zero-order valence-corrected chi connectivity index (χ0v) is 15.0. The van der Waals surface area contributed by atoms with E-state index in [9.17, 15) is 13.2 Å². The molecule has 8 heteroatoms. The summed E-state index contributed by atoms with van der Waals surface area (Å²) in [4.78, 5) is 12.0. The summed E-state index contributed by atoms with van der Waals surface area (Å²) >= 11 is 0. The van der Waals surface area contributed by atoms with Gasteiger partial charge in [-0.2, -0.15) is 0 Å².